The van der Waals surface area contributed by atoms with Crippen LogP contribution in [-0.4, -0.2) is 42.0 Å². The normalized spacial score (nSPS) is 21.2. The van der Waals surface area contributed by atoms with E-state index in [1.54, 1.807) is 12.4 Å². The predicted octanol–water partition coefficient (Wildman–Crippen LogP) is 3.21. The lowest BCUT2D eigenvalue weighted by Gasteiger charge is -2.37. The Morgan fingerprint density at radius 3 is 2.50 bits per heavy atom. The average molecular weight is 322 g/mol. The van der Waals surface area contributed by atoms with E-state index in [0.29, 0.717) is 10.9 Å². The summed E-state index contributed by atoms with van der Waals surface area (Å²) in [6.07, 6.45) is 7.60. The van der Waals surface area contributed by atoms with Gasteiger partial charge in [0.05, 0.1) is 10.7 Å². The molecule has 1 aromatic heterocycles. The number of carbonyl (C=O) groups excluding carboxylic acids is 1. The van der Waals surface area contributed by atoms with Crippen molar-refractivity contribution in [3.63, 3.8) is 0 Å². The first kappa shape index (κ1) is 15.6. The fraction of sp³-hybridized carbons (Fsp3) is 0.647. The Labute approximate surface area is 137 Å². The molecule has 0 aliphatic carbocycles. The second-order valence-electron chi connectivity index (χ2n) is 6.60. The standard InChI is InChI=1S/C17H24ClN3O/c1-13-3-8-21(9-4-13)17(22)14-5-10-20(11-6-14)16-2-7-19-12-15(16)18/h2,7,12-14H,3-6,8-11H2,1H3. The van der Waals surface area contributed by atoms with Gasteiger partial charge in [0.25, 0.3) is 0 Å². The summed E-state index contributed by atoms with van der Waals surface area (Å²) in [6, 6.07) is 1.95. The highest BCUT2D eigenvalue weighted by Gasteiger charge is 2.30. The number of halogens is 1. The van der Waals surface area contributed by atoms with Gasteiger partial charge >= 0.3 is 0 Å². The Morgan fingerprint density at radius 2 is 1.86 bits per heavy atom. The van der Waals surface area contributed by atoms with Gasteiger partial charge in [-0.15, -0.1) is 0 Å². The zero-order chi connectivity index (χ0) is 15.5. The monoisotopic (exact) mass is 321 g/mol. The van der Waals surface area contributed by atoms with Crippen LogP contribution in [0.15, 0.2) is 18.5 Å². The van der Waals surface area contributed by atoms with Crippen LogP contribution in [-0.2, 0) is 4.79 Å². The molecular formula is C17H24ClN3O. The number of likely N-dealkylation sites (tertiary alicyclic amines) is 1. The Hall–Kier alpha value is -1.29. The fourth-order valence-electron chi connectivity index (χ4n) is 3.48. The summed E-state index contributed by atoms with van der Waals surface area (Å²) >= 11 is 6.21. The summed E-state index contributed by atoms with van der Waals surface area (Å²) in [5, 5.41) is 0.692. The smallest absolute Gasteiger partial charge is 0.225 e. The molecule has 1 amide bonds. The number of rotatable bonds is 2. The maximum Gasteiger partial charge on any atom is 0.225 e. The second-order valence-corrected chi connectivity index (χ2v) is 7.00. The van der Waals surface area contributed by atoms with Gasteiger partial charge in [0.2, 0.25) is 5.91 Å². The number of nitrogens with zero attached hydrogens (tertiary/aromatic N) is 3. The van der Waals surface area contributed by atoms with Crippen LogP contribution in [0, 0.1) is 11.8 Å². The van der Waals surface area contributed by atoms with E-state index in [0.717, 1.165) is 63.5 Å². The highest BCUT2D eigenvalue weighted by Crippen LogP contribution is 2.30. The van der Waals surface area contributed by atoms with Gasteiger partial charge in [0.1, 0.15) is 0 Å². The number of amides is 1. The van der Waals surface area contributed by atoms with Crippen molar-refractivity contribution in [1.29, 1.82) is 0 Å². The molecule has 0 atom stereocenters. The Kier molecular flexibility index (Phi) is 4.87. The van der Waals surface area contributed by atoms with Crippen LogP contribution >= 0.6 is 11.6 Å². The number of carbonyl (C=O) groups is 1. The van der Waals surface area contributed by atoms with Crippen LogP contribution in [0.1, 0.15) is 32.6 Å². The van der Waals surface area contributed by atoms with E-state index >= 15 is 0 Å². The molecule has 22 heavy (non-hydrogen) atoms. The molecule has 0 aromatic carbocycles. The molecule has 5 heteroatoms. The van der Waals surface area contributed by atoms with E-state index in [1.807, 2.05) is 6.07 Å². The summed E-state index contributed by atoms with van der Waals surface area (Å²) in [5.74, 6) is 1.32. The van der Waals surface area contributed by atoms with E-state index in [4.69, 9.17) is 11.6 Å². The van der Waals surface area contributed by atoms with Crippen molar-refractivity contribution >= 4 is 23.2 Å². The number of pyridine rings is 1. The molecular weight excluding hydrogens is 298 g/mol. The number of hydrogen-bond donors (Lipinski definition) is 0. The maximum absolute atomic E-state index is 12.6. The Balaban J connectivity index is 1.55. The van der Waals surface area contributed by atoms with Gasteiger partial charge < -0.3 is 9.80 Å². The first-order valence-corrected chi connectivity index (χ1v) is 8.66. The van der Waals surface area contributed by atoms with Crippen LogP contribution in [0.25, 0.3) is 0 Å². The molecule has 0 N–H and O–H groups in total. The zero-order valence-corrected chi connectivity index (χ0v) is 13.9. The number of hydrogen-bond acceptors (Lipinski definition) is 3. The molecule has 3 rings (SSSR count). The van der Waals surface area contributed by atoms with Gasteiger partial charge in [-0.2, -0.15) is 0 Å². The van der Waals surface area contributed by atoms with Gasteiger partial charge in [0, 0.05) is 44.5 Å². The molecule has 0 radical (unpaired) electrons. The van der Waals surface area contributed by atoms with Crippen molar-refractivity contribution in [3.05, 3.63) is 23.5 Å². The lowest BCUT2D eigenvalue weighted by atomic mass is 9.92. The molecule has 0 saturated carbocycles. The molecule has 3 heterocycles. The Morgan fingerprint density at radius 1 is 1.18 bits per heavy atom. The van der Waals surface area contributed by atoms with E-state index in [2.05, 4.69) is 21.7 Å². The lowest BCUT2D eigenvalue weighted by molar-refractivity contribution is -0.137. The molecule has 120 valence electrons. The van der Waals surface area contributed by atoms with Crippen LogP contribution in [0.2, 0.25) is 5.02 Å². The molecule has 2 saturated heterocycles. The van der Waals surface area contributed by atoms with Gasteiger partial charge in [0.15, 0.2) is 0 Å². The van der Waals surface area contributed by atoms with E-state index < -0.39 is 0 Å². The first-order valence-electron chi connectivity index (χ1n) is 8.28. The fourth-order valence-corrected chi connectivity index (χ4v) is 3.72. The SMILES string of the molecule is CC1CCN(C(=O)C2CCN(c3ccncc3Cl)CC2)CC1. The van der Waals surface area contributed by atoms with Crippen molar-refractivity contribution in [2.24, 2.45) is 11.8 Å². The number of piperidine rings is 2. The van der Waals surface area contributed by atoms with E-state index in [-0.39, 0.29) is 5.92 Å². The quantitative estimate of drug-likeness (QED) is 0.839. The van der Waals surface area contributed by atoms with Crippen LogP contribution in [0.3, 0.4) is 0 Å². The molecule has 1 aromatic rings. The predicted molar refractivity (Wildman–Crippen MR) is 89.2 cm³/mol. The molecule has 0 unspecified atom stereocenters. The van der Waals surface area contributed by atoms with Crippen molar-refractivity contribution in [2.75, 3.05) is 31.1 Å². The largest absolute Gasteiger partial charge is 0.370 e. The summed E-state index contributed by atoms with van der Waals surface area (Å²) in [4.78, 5) is 21.0. The summed E-state index contributed by atoms with van der Waals surface area (Å²) < 4.78 is 0. The molecule has 2 aliphatic heterocycles. The van der Waals surface area contributed by atoms with Crippen LogP contribution < -0.4 is 4.90 Å². The lowest BCUT2D eigenvalue weighted by Crippen LogP contribution is -2.45. The molecule has 0 bridgehead atoms. The minimum Gasteiger partial charge on any atom is -0.370 e. The van der Waals surface area contributed by atoms with Crippen LogP contribution in [0.5, 0.6) is 0 Å². The molecule has 4 nitrogen and oxygen atoms in total. The topological polar surface area (TPSA) is 36.4 Å². The average Bonchev–Trinajstić information content (AvgIpc) is 2.56. The van der Waals surface area contributed by atoms with Crippen LogP contribution in [0.4, 0.5) is 5.69 Å². The molecule has 2 fully saturated rings. The highest BCUT2D eigenvalue weighted by molar-refractivity contribution is 6.33. The third kappa shape index (κ3) is 3.37. The van der Waals surface area contributed by atoms with Gasteiger partial charge in [-0.1, -0.05) is 18.5 Å². The van der Waals surface area contributed by atoms with Gasteiger partial charge in [-0.3, -0.25) is 9.78 Å². The number of aromatic nitrogens is 1. The minimum absolute atomic E-state index is 0.185. The van der Waals surface area contributed by atoms with Crippen molar-refractivity contribution in [1.82, 2.24) is 9.88 Å². The zero-order valence-electron chi connectivity index (χ0n) is 13.2. The number of anilines is 1. The molecule has 2 aliphatic rings. The molecule has 0 spiro atoms. The minimum atomic E-state index is 0.185. The van der Waals surface area contributed by atoms with E-state index in [9.17, 15) is 4.79 Å². The second kappa shape index (κ2) is 6.86. The Bertz CT molecular complexity index is 520. The van der Waals surface area contributed by atoms with Crippen molar-refractivity contribution in [3.8, 4) is 0 Å². The van der Waals surface area contributed by atoms with E-state index in [1.165, 1.54) is 0 Å². The highest BCUT2D eigenvalue weighted by atomic mass is 35.5. The summed E-state index contributed by atoms with van der Waals surface area (Å²) in [7, 11) is 0. The van der Waals surface area contributed by atoms with Crippen molar-refractivity contribution < 1.29 is 4.79 Å². The third-order valence-corrected chi connectivity index (χ3v) is 5.32. The van der Waals surface area contributed by atoms with Gasteiger partial charge in [-0.05, 0) is 37.7 Å². The summed E-state index contributed by atoms with van der Waals surface area (Å²) in [6.45, 7) is 5.94. The van der Waals surface area contributed by atoms with Gasteiger partial charge in [-0.25, -0.2) is 0 Å². The maximum atomic E-state index is 12.6. The third-order valence-electron chi connectivity index (χ3n) is 5.03. The summed E-state index contributed by atoms with van der Waals surface area (Å²) in [5.41, 5.74) is 1.04. The van der Waals surface area contributed by atoms with Crippen molar-refractivity contribution in [2.45, 2.75) is 32.6 Å². The first-order chi connectivity index (χ1) is 10.6.